The zero-order valence-corrected chi connectivity index (χ0v) is 13.0. The third-order valence-electron chi connectivity index (χ3n) is 2.52. The van der Waals surface area contributed by atoms with E-state index in [1.165, 1.54) is 4.88 Å². The number of hydrogen-bond acceptors (Lipinski definition) is 3. The van der Waals surface area contributed by atoms with Crippen LogP contribution in [0.4, 0.5) is 0 Å². The summed E-state index contributed by atoms with van der Waals surface area (Å²) in [5, 5.41) is 6.00. The minimum absolute atomic E-state index is 0.165. The largest absolute Gasteiger partial charge is 0.492 e. The van der Waals surface area contributed by atoms with Crippen LogP contribution in [-0.4, -0.2) is 13.7 Å². The van der Waals surface area contributed by atoms with E-state index < -0.39 is 0 Å². The molecule has 0 amide bonds. The zero-order valence-electron chi connectivity index (χ0n) is 9.82. The first-order valence-electron chi connectivity index (χ1n) is 5.49. The first-order valence-corrected chi connectivity index (χ1v) is 7.54. The first kappa shape index (κ1) is 13.9. The molecule has 1 atom stereocenters. The Hall–Kier alpha value is -0.550. The predicted octanol–water partition coefficient (Wildman–Crippen LogP) is 4.50. The summed E-state index contributed by atoms with van der Waals surface area (Å²) in [6.07, 6.45) is 0. The number of nitrogens with one attached hydrogen (secondary N) is 1. The van der Waals surface area contributed by atoms with Crippen molar-refractivity contribution in [1.29, 1.82) is 0 Å². The Morgan fingerprint density at radius 1 is 1.44 bits per heavy atom. The highest BCUT2D eigenvalue weighted by atomic mass is 79.9. The van der Waals surface area contributed by atoms with Gasteiger partial charge in [0.25, 0.3) is 0 Å². The van der Waals surface area contributed by atoms with Gasteiger partial charge in [-0.2, -0.15) is 0 Å². The van der Waals surface area contributed by atoms with Gasteiger partial charge >= 0.3 is 0 Å². The van der Waals surface area contributed by atoms with Crippen molar-refractivity contribution in [2.75, 3.05) is 13.7 Å². The van der Waals surface area contributed by atoms with Crippen molar-refractivity contribution in [3.63, 3.8) is 0 Å². The Balaban J connectivity index is 2.02. The van der Waals surface area contributed by atoms with Gasteiger partial charge in [-0.25, -0.2) is 0 Å². The zero-order chi connectivity index (χ0) is 13.0. The molecule has 1 aromatic heterocycles. The van der Waals surface area contributed by atoms with Crippen LogP contribution >= 0.6 is 38.9 Å². The van der Waals surface area contributed by atoms with E-state index in [0.717, 1.165) is 10.2 Å². The second-order valence-corrected chi connectivity index (χ2v) is 5.98. The SMILES string of the molecule is CNC(COc1cccc(Cl)c1)c1sccc1Br. The van der Waals surface area contributed by atoms with E-state index in [2.05, 4.69) is 26.6 Å². The second kappa shape index (κ2) is 6.57. The molecule has 1 heterocycles. The second-order valence-electron chi connectivity index (χ2n) is 3.74. The fraction of sp³-hybridized carbons (Fsp3) is 0.231. The van der Waals surface area contributed by atoms with Gasteiger partial charge in [-0.15, -0.1) is 11.3 Å². The van der Waals surface area contributed by atoms with E-state index in [1.54, 1.807) is 11.3 Å². The summed E-state index contributed by atoms with van der Waals surface area (Å²) >= 11 is 11.2. The molecule has 0 saturated heterocycles. The van der Waals surface area contributed by atoms with E-state index in [0.29, 0.717) is 11.6 Å². The lowest BCUT2D eigenvalue weighted by atomic mass is 10.2. The number of hydrogen-bond donors (Lipinski definition) is 1. The maximum atomic E-state index is 5.92. The van der Waals surface area contributed by atoms with Crippen molar-refractivity contribution >= 4 is 38.9 Å². The molecule has 1 aromatic carbocycles. The quantitative estimate of drug-likeness (QED) is 0.860. The maximum Gasteiger partial charge on any atom is 0.120 e. The molecule has 0 aliphatic rings. The molecule has 0 bridgehead atoms. The van der Waals surface area contributed by atoms with E-state index in [4.69, 9.17) is 16.3 Å². The van der Waals surface area contributed by atoms with Crippen LogP contribution in [0.3, 0.4) is 0 Å². The fourth-order valence-corrected chi connectivity index (χ4v) is 3.51. The highest BCUT2D eigenvalue weighted by Crippen LogP contribution is 2.29. The van der Waals surface area contributed by atoms with Crippen LogP contribution in [0, 0.1) is 0 Å². The topological polar surface area (TPSA) is 21.3 Å². The standard InChI is InChI=1S/C13H13BrClNOS/c1-16-12(13-11(14)5-6-18-13)8-17-10-4-2-3-9(15)7-10/h2-7,12,16H,8H2,1H3. The number of ether oxygens (including phenoxy) is 1. The van der Waals surface area contributed by atoms with Crippen molar-refractivity contribution in [2.45, 2.75) is 6.04 Å². The van der Waals surface area contributed by atoms with E-state index in [1.807, 2.05) is 37.4 Å². The Morgan fingerprint density at radius 2 is 2.28 bits per heavy atom. The minimum Gasteiger partial charge on any atom is -0.492 e. The van der Waals surface area contributed by atoms with Gasteiger partial charge in [0.15, 0.2) is 0 Å². The smallest absolute Gasteiger partial charge is 0.120 e. The van der Waals surface area contributed by atoms with Crippen LogP contribution in [-0.2, 0) is 0 Å². The van der Waals surface area contributed by atoms with Gasteiger partial charge in [-0.1, -0.05) is 17.7 Å². The molecular weight excluding hydrogens is 334 g/mol. The van der Waals surface area contributed by atoms with Crippen LogP contribution in [0.25, 0.3) is 0 Å². The lowest BCUT2D eigenvalue weighted by Crippen LogP contribution is -2.22. The molecule has 2 rings (SSSR count). The molecular formula is C13H13BrClNOS. The molecule has 0 fully saturated rings. The number of halogens is 2. The molecule has 1 N–H and O–H groups in total. The van der Waals surface area contributed by atoms with Crippen LogP contribution < -0.4 is 10.1 Å². The summed E-state index contributed by atoms with van der Waals surface area (Å²) < 4.78 is 6.87. The van der Waals surface area contributed by atoms with Gasteiger partial charge in [0, 0.05) is 14.4 Å². The average molecular weight is 347 g/mol. The van der Waals surface area contributed by atoms with Crippen LogP contribution in [0.5, 0.6) is 5.75 Å². The molecule has 2 nitrogen and oxygen atoms in total. The van der Waals surface area contributed by atoms with Gasteiger partial charge in [-0.05, 0) is 52.6 Å². The van der Waals surface area contributed by atoms with E-state index in [-0.39, 0.29) is 6.04 Å². The van der Waals surface area contributed by atoms with Gasteiger partial charge in [0.2, 0.25) is 0 Å². The van der Waals surface area contributed by atoms with Crippen LogP contribution in [0.1, 0.15) is 10.9 Å². The first-order chi connectivity index (χ1) is 8.70. The Morgan fingerprint density at radius 3 is 2.89 bits per heavy atom. The number of benzene rings is 1. The summed E-state index contributed by atoms with van der Waals surface area (Å²) in [4.78, 5) is 1.24. The molecule has 2 aromatic rings. The maximum absolute atomic E-state index is 5.92. The summed E-state index contributed by atoms with van der Waals surface area (Å²) in [6, 6.07) is 9.65. The van der Waals surface area contributed by atoms with Crippen molar-refractivity contribution < 1.29 is 4.74 Å². The number of rotatable bonds is 5. The van der Waals surface area contributed by atoms with Gasteiger partial charge in [0.1, 0.15) is 12.4 Å². The minimum atomic E-state index is 0.165. The van der Waals surface area contributed by atoms with Crippen molar-refractivity contribution in [1.82, 2.24) is 5.32 Å². The summed E-state index contributed by atoms with van der Waals surface area (Å²) in [5.41, 5.74) is 0. The Kier molecular flexibility index (Phi) is 5.06. The number of thiophene rings is 1. The van der Waals surface area contributed by atoms with Crippen LogP contribution in [0.15, 0.2) is 40.2 Å². The average Bonchev–Trinajstić information content (AvgIpc) is 2.77. The van der Waals surface area contributed by atoms with Crippen molar-refractivity contribution in [3.05, 3.63) is 50.1 Å². The molecule has 0 spiro atoms. The summed E-state index contributed by atoms with van der Waals surface area (Å²) in [5.74, 6) is 0.787. The molecule has 18 heavy (non-hydrogen) atoms. The van der Waals surface area contributed by atoms with Gasteiger partial charge in [-0.3, -0.25) is 0 Å². The van der Waals surface area contributed by atoms with E-state index >= 15 is 0 Å². The van der Waals surface area contributed by atoms with E-state index in [9.17, 15) is 0 Å². The summed E-state index contributed by atoms with van der Waals surface area (Å²) in [6.45, 7) is 0.565. The molecule has 1 unspecified atom stereocenters. The number of likely N-dealkylation sites (N-methyl/N-ethyl adjacent to an activating group) is 1. The molecule has 0 aliphatic carbocycles. The predicted molar refractivity (Wildman–Crippen MR) is 80.8 cm³/mol. The molecule has 0 radical (unpaired) electrons. The molecule has 0 aliphatic heterocycles. The lowest BCUT2D eigenvalue weighted by molar-refractivity contribution is 0.274. The highest BCUT2D eigenvalue weighted by molar-refractivity contribution is 9.10. The van der Waals surface area contributed by atoms with Crippen LogP contribution in [0.2, 0.25) is 5.02 Å². The lowest BCUT2D eigenvalue weighted by Gasteiger charge is -2.16. The third kappa shape index (κ3) is 3.48. The third-order valence-corrected chi connectivity index (χ3v) is 4.74. The molecule has 96 valence electrons. The summed E-state index contributed by atoms with van der Waals surface area (Å²) in [7, 11) is 1.93. The van der Waals surface area contributed by atoms with Crippen molar-refractivity contribution in [3.8, 4) is 5.75 Å². The highest BCUT2D eigenvalue weighted by Gasteiger charge is 2.14. The molecule has 5 heteroatoms. The van der Waals surface area contributed by atoms with Gasteiger partial charge in [0.05, 0.1) is 6.04 Å². The van der Waals surface area contributed by atoms with Gasteiger partial charge < -0.3 is 10.1 Å². The fourth-order valence-electron chi connectivity index (χ4n) is 1.58. The normalized spacial score (nSPS) is 12.4. The Bertz CT molecular complexity index is 517. The Labute approximate surface area is 124 Å². The van der Waals surface area contributed by atoms with Crippen molar-refractivity contribution in [2.24, 2.45) is 0 Å². The molecule has 0 saturated carbocycles. The monoisotopic (exact) mass is 345 g/mol.